The highest BCUT2D eigenvalue weighted by Gasteiger charge is 2.24. The zero-order chi connectivity index (χ0) is 44.0. The number of hydrogen-bond donors (Lipinski definition) is 0. The van der Waals surface area contributed by atoms with Crippen molar-refractivity contribution in [1.29, 1.82) is 0 Å². The van der Waals surface area contributed by atoms with E-state index in [-0.39, 0.29) is 5.92 Å². The van der Waals surface area contributed by atoms with Crippen LogP contribution in [0.5, 0.6) is 0 Å². The molecule has 1 aliphatic rings. The highest BCUT2D eigenvalue weighted by molar-refractivity contribution is 6.16. The molecular formula is C62H40N4O. The predicted octanol–water partition coefficient (Wildman–Crippen LogP) is 16.1. The van der Waals surface area contributed by atoms with Crippen LogP contribution in [0.1, 0.15) is 23.5 Å². The lowest BCUT2D eigenvalue weighted by atomic mass is 9.91. The Morgan fingerprint density at radius 1 is 0.418 bits per heavy atom. The van der Waals surface area contributed by atoms with Crippen LogP contribution in [0.2, 0.25) is 0 Å². The first kappa shape index (κ1) is 37.6. The van der Waals surface area contributed by atoms with Crippen molar-refractivity contribution in [2.75, 3.05) is 0 Å². The van der Waals surface area contributed by atoms with Crippen LogP contribution in [0.15, 0.2) is 234 Å². The number of hydrogen-bond acceptors (Lipinski definition) is 3. The average Bonchev–Trinajstić information content (AvgIpc) is 4.05. The number of furan rings is 1. The molecule has 14 rings (SSSR count). The molecule has 1 unspecified atom stereocenters. The fraction of sp³-hybridized carbons (Fsp3) is 0.0323. The van der Waals surface area contributed by atoms with E-state index in [4.69, 9.17) is 9.41 Å². The van der Waals surface area contributed by atoms with E-state index in [1.807, 2.05) is 12.3 Å². The van der Waals surface area contributed by atoms with Crippen molar-refractivity contribution in [3.63, 3.8) is 0 Å². The lowest BCUT2D eigenvalue weighted by molar-refractivity contribution is 0.668. The van der Waals surface area contributed by atoms with Crippen LogP contribution in [0.25, 0.3) is 110 Å². The van der Waals surface area contributed by atoms with Gasteiger partial charge in [0.15, 0.2) is 0 Å². The van der Waals surface area contributed by atoms with Gasteiger partial charge in [-0.2, -0.15) is 0 Å². The summed E-state index contributed by atoms with van der Waals surface area (Å²) in [5.74, 6) is 1.25. The van der Waals surface area contributed by atoms with Crippen LogP contribution in [0.3, 0.4) is 0 Å². The Morgan fingerprint density at radius 2 is 1.04 bits per heavy atom. The van der Waals surface area contributed by atoms with Crippen molar-refractivity contribution in [3.8, 4) is 27.9 Å². The highest BCUT2D eigenvalue weighted by atomic mass is 16.3. The highest BCUT2D eigenvalue weighted by Crippen LogP contribution is 2.40. The molecule has 1 atom stereocenters. The molecular weight excluding hydrogens is 817 g/mol. The summed E-state index contributed by atoms with van der Waals surface area (Å²) in [4.78, 5) is 9.82. The van der Waals surface area contributed by atoms with Crippen LogP contribution in [0.4, 0.5) is 0 Å². The van der Waals surface area contributed by atoms with Gasteiger partial charge < -0.3 is 8.98 Å². The summed E-state index contributed by atoms with van der Waals surface area (Å²) < 4.78 is 11.0. The van der Waals surface area contributed by atoms with Crippen molar-refractivity contribution in [3.05, 3.63) is 236 Å². The number of fused-ring (bicyclic) bond motifs is 10. The first-order valence-corrected chi connectivity index (χ1v) is 23.0. The third-order valence-corrected chi connectivity index (χ3v) is 13.9. The molecule has 0 bridgehead atoms. The second-order valence-electron chi connectivity index (χ2n) is 17.8. The Bertz CT molecular complexity index is 4190. The molecule has 314 valence electrons. The van der Waals surface area contributed by atoms with Gasteiger partial charge in [0.05, 0.1) is 27.8 Å². The largest absolute Gasteiger partial charge is 0.456 e. The van der Waals surface area contributed by atoms with Crippen LogP contribution < -0.4 is 0 Å². The van der Waals surface area contributed by atoms with Gasteiger partial charge in [0.25, 0.3) is 0 Å². The molecule has 0 N–H and O–H groups in total. The molecule has 9 aromatic carbocycles. The van der Waals surface area contributed by atoms with Gasteiger partial charge in [-0.05, 0) is 111 Å². The van der Waals surface area contributed by atoms with E-state index in [0.29, 0.717) is 0 Å². The van der Waals surface area contributed by atoms with Crippen molar-refractivity contribution >= 4 is 87.9 Å². The maximum Gasteiger partial charge on any atom is 0.138 e. The second kappa shape index (κ2) is 14.9. The second-order valence-corrected chi connectivity index (χ2v) is 17.8. The molecule has 67 heavy (non-hydrogen) atoms. The smallest absolute Gasteiger partial charge is 0.138 e. The zero-order valence-corrected chi connectivity index (χ0v) is 36.3. The summed E-state index contributed by atoms with van der Waals surface area (Å²) >= 11 is 0. The molecule has 0 spiro atoms. The summed E-state index contributed by atoms with van der Waals surface area (Å²) in [6, 6.07) is 74.8. The fourth-order valence-electron chi connectivity index (χ4n) is 10.7. The lowest BCUT2D eigenvalue weighted by Crippen LogP contribution is -2.18. The third kappa shape index (κ3) is 6.09. The van der Waals surface area contributed by atoms with E-state index in [1.165, 1.54) is 71.2 Å². The van der Waals surface area contributed by atoms with E-state index >= 15 is 0 Å². The summed E-state index contributed by atoms with van der Waals surface area (Å²) in [6.45, 7) is 0. The van der Waals surface area contributed by atoms with Gasteiger partial charge in [0.1, 0.15) is 17.0 Å². The number of allylic oxidation sites excluding steroid dienone is 1. The molecule has 0 saturated carbocycles. The summed E-state index contributed by atoms with van der Waals surface area (Å²) in [5.41, 5.74) is 15.6. The molecule has 0 aliphatic carbocycles. The summed E-state index contributed by atoms with van der Waals surface area (Å²) in [5, 5.41) is 9.38. The number of aromatic nitrogens is 3. The molecule has 5 heterocycles. The fourth-order valence-corrected chi connectivity index (χ4v) is 10.7. The zero-order valence-electron chi connectivity index (χ0n) is 36.3. The van der Waals surface area contributed by atoms with Gasteiger partial charge in [0.2, 0.25) is 0 Å². The van der Waals surface area contributed by atoms with Gasteiger partial charge in [0, 0.05) is 62.7 Å². The standard InChI is InChI=1S/C62H40N4O/c1-3-11-39(12-4-1)47-34-55(41-13-5-2-6-14-41)64-62(36-47)66-57-18-10-8-16-50(57)52-33-44(24-27-58(52)66)42-21-19-40-20-22-43(32-46(40)31-42)45-23-26-51-49-15-7-9-17-56(49)65(59(51)35-45)48-25-28-60-53(37-48)54-38-63-30-29-61(54)67-60/h1-35,37-38,47H,36H2. The van der Waals surface area contributed by atoms with Gasteiger partial charge in [-0.3, -0.25) is 9.55 Å². The average molecular weight is 857 g/mol. The van der Waals surface area contributed by atoms with Gasteiger partial charge in [-0.25, -0.2) is 4.99 Å². The number of rotatable bonds is 5. The topological polar surface area (TPSA) is 48.2 Å². The molecule has 0 amide bonds. The summed E-state index contributed by atoms with van der Waals surface area (Å²) in [7, 11) is 0. The Labute approximate surface area is 385 Å². The Morgan fingerprint density at radius 3 is 1.85 bits per heavy atom. The Hall–Kier alpha value is -8.80. The molecule has 4 aromatic heterocycles. The molecule has 5 nitrogen and oxygen atoms in total. The maximum absolute atomic E-state index is 6.18. The quantitative estimate of drug-likeness (QED) is 0.173. The van der Waals surface area contributed by atoms with Crippen LogP contribution in [-0.2, 0) is 0 Å². The van der Waals surface area contributed by atoms with Crippen molar-refractivity contribution < 1.29 is 4.42 Å². The predicted molar refractivity (Wildman–Crippen MR) is 278 cm³/mol. The number of benzene rings is 9. The van der Waals surface area contributed by atoms with Crippen molar-refractivity contribution in [1.82, 2.24) is 14.1 Å². The van der Waals surface area contributed by atoms with Gasteiger partial charge in [-0.15, -0.1) is 0 Å². The Kier molecular flexibility index (Phi) is 8.34. The Balaban J connectivity index is 0.863. The van der Waals surface area contributed by atoms with Gasteiger partial charge >= 0.3 is 0 Å². The first-order valence-electron chi connectivity index (χ1n) is 23.0. The maximum atomic E-state index is 6.18. The van der Waals surface area contributed by atoms with E-state index in [0.717, 1.165) is 62.2 Å². The number of para-hydroxylation sites is 2. The minimum atomic E-state index is 0.200. The number of aliphatic imine (C=N–C) groups is 1. The SMILES string of the molecule is C1=C(c2ccccc2)N=C(n2c3ccccc3c3cc(-c4ccc5ccc(-c6ccc7c8ccccc8n(-c8ccc9oc%10ccncc%10c9c8)c7c6)cc5c4)ccc32)CC1c1ccccc1. The van der Waals surface area contributed by atoms with E-state index in [1.54, 1.807) is 6.20 Å². The first-order chi connectivity index (χ1) is 33.2. The molecule has 0 saturated heterocycles. The summed E-state index contributed by atoms with van der Waals surface area (Å²) in [6.07, 6.45) is 6.81. The molecule has 5 heteroatoms. The van der Waals surface area contributed by atoms with Crippen LogP contribution in [0, 0.1) is 0 Å². The lowest BCUT2D eigenvalue weighted by Gasteiger charge is -2.23. The van der Waals surface area contributed by atoms with E-state index < -0.39 is 0 Å². The minimum Gasteiger partial charge on any atom is -0.456 e. The van der Waals surface area contributed by atoms with E-state index in [9.17, 15) is 0 Å². The monoisotopic (exact) mass is 856 g/mol. The molecule has 0 fully saturated rings. The normalized spacial score (nSPS) is 14.2. The van der Waals surface area contributed by atoms with Crippen LogP contribution in [-0.4, -0.2) is 20.0 Å². The van der Waals surface area contributed by atoms with Gasteiger partial charge in [-0.1, -0.05) is 146 Å². The van der Waals surface area contributed by atoms with Crippen LogP contribution >= 0.6 is 0 Å². The molecule has 1 aliphatic heterocycles. The van der Waals surface area contributed by atoms with Crippen molar-refractivity contribution in [2.24, 2.45) is 4.99 Å². The minimum absolute atomic E-state index is 0.200. The van der Waals surface area contributed by atoms with Crippen molar-refractivity contribution in [2.45, 2.75) is 12.3 Å². The number of nitrogens with zero attached hydrogens (tertiary/aromatic N) is 4. The molecule has 13 aromatic rings. The van der Waals surface area contributed by atoms with E-state index in [2.05, 4.69) is 220 Å². The number of pyridine rings is 1. The molecule has 0 radical (unpaired) electrons. The third-order valence-electron chi connectivity index (χ3n) is 13.9.